The summed E-state index contributed by atoms with van der Waals surface area (Å²) in [4.78, 5) is 14.3. The van der Waals surface area contributed by atoms with Gasteiger partial charge in [0, 0.05) is 4.90 Å². The molecule has 2 heterocycles. The van der Waals surface area contributed by atoms with Gasteiger partial charge in [0.05, 0.1) is 12.2 Å². The van der Waals surface area contributed by atoms with Crippen LogP contribution in [-0.2, 0) is 22.4 Å². The van der Waals surface area contributed by atoms with Crippen LogP contribution in [0.25, 0.3) is 0 Å². The first kappa shape index (κ1) is 32.4. The first-order chi connectivity index (χ1) is 19.4. The molecular weight excluding hydrogens is 573 g/mol. The van der Waals surface area contributed by atoms with Gasteiger partial charge in [0.15, 0.2) is 6.10 Å². The van der Waals surface area contributed by atoms with Gasteiger partial charge in [0.25, 0.3) is 0 Å². The van der Waals surface area contributed by atoms with Crippen molar-refractivity contribution in [3.8, 4) is 0 Å². The van der Waals surface area contributed by atoms with Gasteiger partial charge in [-0.15, -0.1) is 0 Å². The highest BCUT2D eigenvalue weighted by molar-refractivity contribution is 7.99. The Morgan fingerprint density at radius 3 is 1.93 bits per heavy atom. The van der Waals surface area contributed by atoms with Crippen LogP contribution in [0.1, 0.15) is 65.7 Å². The van der Waals surface area contributed by atoms with Crippen LogP contribution >= 0.6 is 11.8 Å². The molecule has 2 fully saturated rings. The molecule has 2 aliphatic rings. The van der Waals surface area contributed by atoms with E-state index in [1.807, 2.05) is 36.4 Å². The maximum absolute atomic E-state index is 13.4. The minimum Gasteiger partial charge on any atom is -0.453 e. The van der Waals surface area contributed by atoms with E-state index in [-0.39, 0.29) is 28.8 Å². The third-order valence-electron chi connectivity index (χ3n) is 8.19. The van der Waals surface area contributed by atoms with Crippen LogP contribution in [0.3, 0.4) is 0 Å². The number of carbonyl (C=O) groups excluding carboxylic acids is 1. The molecule has 2 aromatic carbocycles. The number of rotatable bonds is 8. The Hall–Kier alpha value is -1.51. The van der Waals surface area contributed by atoms with Gasteiger partial charge in [-0.25, -0.2) is 4.79 Å². The molecule has 2 aliphatic heterocycles. The molecule has 0 radical (unpaired) electrons. The minimum absolute atomic E-state index is 0.0771. The van der Waals surface area contributed by atoms with E-state index >= 15 is 0 Å². The van der Waals surface area contributed by atoms with Crippen LogP contribution in [0, 0.1) is 0 Å². The van der Waals surface area contributed by atoms with Gasteiger partial charge in [-0.2, -0.15) is 0 Å². The van der Waals surface area contributed by atoms with E-state index in [2.05, 4.69) is 55.4 Å². The number of esters is 1. The number of carbonyl (C=O) groups is 1. The average molecular weight is 619 g/mol. The maximum Gasteiger partial charge on any atom is 0.338 e. The number of hydrogen-bond acceptors (Lipinski definition) is 8. The first-order valence-corrected chi connectivity index (χ1v) is 19.6. The summed E-state index contributed by atoms with van der Waals surface area (Å²) >= 11 is 1.41. The number of hydrogen-bond donors (Lipinski definition) is 1. The molecule has 1 N–H and O–H groups in total. The highest BCUT2D eigenvalue weighted by atomic mass is 32.2. The molecule has 5 atom stereocenters. The van der Waals surface area contributed by atoms with Crippen LogP contribution in [0.15, 0.2) is 65.6 Å². The lowest BCUT2D eigenvalue weighted by atomic mass is 10.00. The Labute approximate surface area is 251 Å². The van der Waals surface area contributed by atoms with E-state index in [0.29, 0.717) is 5.56 Å². The minimum atomic E-state index is -3.04. The fourth-order valence-electron chi connectivity index (χ4n) is 5.94. The van der Waals surface area contributed by atoms with Crippen LogP contribution in [0.2, 0.25) is 22.2 Å². The molecule has 0 saturated carbocycles. The van der Waals surface area contributed by atoms with Crippen molar-refractivity contribution < 1.29 is 32.3 Å². The topological polar surface area (TPSA) is 83.5 Å². The highest BCUT2D eigenvalue weighted by Crippen LogP contribution is 2.48. The number of thioether (sulfide) groups is 1. The van der Waals surface area contributed by atoms with Crippen molar-refractivity contribution in [2.24, 2.45) is 0 Å². The fraction of sp³-hybridized carbons (Fsp3) is 0.581. The Bertz CT molecular complexity index is 1120. The van der Waals surface area contributed by atoms with Gasteiger partial charge in [0.2, 0.25) is 0 Å². The van der Waals surface area contributed by atoms with Crippen LogP contribution in [0.5, 0.6) is 0 Å². The normalized spacial score (nSPS) is 27.9. The third kappa shape index (κ3) is 6.70. The molecule has 0 aliphatic carbocycles. The van der Waals surface area contributed by atoms with E-state index in [9.17, 15) is 9.90 Å². The summed E-state index contributed by atoms with van der Waals surface area (Å²) in [7, 11) is -5.84. The molecule has 0 spiro atoms. The highest BCUT2D eigenvalue weighted by Gasteiger charge is 2.62. The van der Waals surface area contributed by atoms with E-state index < -0.39 is 52.9 Å². The van der Waals surface area contributed by atoms with E-state index in [1.165, 1.54) is 11.8 Å². The van der Waals surface area contributed by atoms with Crippen LogP contribution in [0.4, 0.5) is 0 Å². The summed E-state index contributed by atoms with van der Waals surface area (Å²) in [6.45, 7) is 17.5. The second-order valence-electron chi connectivity index (χ2n) is 12.3. The van der Waals surface area contributed by atoms with E-state index in [0.717, 1.165) is 4.90 Å². The number of aliphatic hydroxyl groups excluding tert-OH is 1. The standard InChI is InChI=1S/C31H46O7SSi2/c1-20(2)40(21(3)4)34-19-26-28(37-41(38-40,22(5)6)23(7)8)29(36-30(33)24-15-11-9-12-16-24)27(32)31(35-26)39-25-17-13-10-14-18-25/h9-18,20-23,26-29,31-32H,19H2,1-8H3/t26-,27-,28+,29-,31+/m1/s1. The van der Waals surface area contributed by atoms with Crippen molar-refractivity contribution in [2.75, 3.05) is 6.61 Å². The van der Waals surface area contributed by atoms with Gasteiger partial charge in [-0.3, -0.25) is 0 Å². The SMILES string of the molecule is CC(C)[Si]1(C(C)C)OC[C@H]2O[C@@H](Sc3ccccc3)[C@H](O)[C@@H](OC(=O)c3ccccc3)[C@H]2O[Si](C(C)C)(C(C)C)O1. The Kier molecular flexibility index (Phi) is 10.6. The molecule has 0 bridgehead atoms. The van der Waals surface area contributed by atoms with Crippen molar-refractivity contribution in [1.82, 2.24) is 0 Å². The molecule has 4 rings (SSSR count). The van der Waals surface area contributed by atoms with Gasteiger partial charge in [0.1, 0.15) is 23.7 Å². The lowest BCUT2D eigenvalue weighted by Gasteiger charge is -2.55. The van der Waals surface area contributed by atoms with E-state index in [4.69, 9.17) is 22.4 Å². The molecule has 2 saturated heterocycles. The fourth-order valence-corrected chi connectivity index (χ4v) is 18.2. The largest absolute Gasteiger partial charge is 0.453 e. The Balaban J connectivity index is 1.79. The van der Waals surface area contributed by atoms with Gasteiger partial charge < -0.3 is 27.5 Å². The average Bonchev–Trinajstić information content (AvgIpc) is 2.93. The zero-order valence-electron chi connectivity index (χ0n) is 25.5. The zero-order valence-corrected chi connectivity index (χ0v) is 28.3. The van der Waals surface area contributed by atoms with Crippen LogP contribution in [-0.4, -0.2) is 64.7 Å². The van der Waals surface area contributed by atoms with E-state index in [1.54, 1.807) is 24.3 Å². The smallest absolute Gasteiger partial charge is 0.338 e. The number of aliphatic hydroxyl groups is 1. The van der Waals surface area contributed by atoms with Gasteiger partial charge >= 0.3 is 23.1 Å². The molecule has 0 unspecified atom stereocenters. The Morgan fingerprint density at radius 2 is 1.39 bits per heavy atom. The summed E-state index contributed by atoms with van der Waals surface area (Å²) in [5.74, 6) is -0.513. The van der Waals surface area contributed by atoms with Crippen molar-refractivity contribution in [1.29, 1.82) is 0 Å². The predicted molar refractivity (Wildman–Crippen MR) is 166 cm³/mol. The molecule has 7 nitrogen and oxygen atoms in total. The van der Waals surface area contributed by atoms with Crippen molar-refractivity contribution in [3.05, 3.63) is 66.2 Å². The quantitative estimate of drug-likeness (QED) is 0.249. The molecule has 226 valence electrons. The monoisotopic (exact) mass is 618 g/mol. The third-order valence-corrected chi connectivity index (χ3v) is 19.6. The van der Waals surface area contributed by atoms with Gasteiger partial charge in [-0.1, -0.05) is 104 Å². The summed E-state index contributed by atoms with van der Waals surface area (Å²) in [5.41, 5.74) is 0.241. The Morgan fingerprint density at radius 1 is 0.854 bits per heavy atom. The first-order valence-electron chi connectivity index (χ1n) is 14.7. The molecule has 10 heteroatoms. The molecule has 41 heavy (non-hydrogen) atoms. The maximum atomic E-state index is 13.4. The lowest BCUT2D eigenvalue weighted by Crippen LogP contribution is -2.70. The summed E-state index contributed by atoms with van der Waals surface area (Å²) in [6, 6.07) is 18.6. The summed E-state index contributed by atoms with van der Waals surface area (Å²) in [5, 5.41) is 11.8. The zero-order chi connectivity index (χ0) is 29.9. The number of benzene rings is 2. The summed E-state index contributed by atoms with van der Waals surface area (Å²) in [6.07, 6.45) is -3.44. The van der Waals surface area contributed by atoms with Crippen LogP contribution < -0.4 is 0 Å². The molecular formula is C31H46O7SSi2. The van der Waals surface area contributed by atoms with Crippen molar-refractivity contribution in [3.63, 3.8) is 0 Å². The van der Waals surface area contributed by atoms with Gasteiger partial charge in [-0.05, 0) is 46.4 Å². The van der Waals surface area contributed by atoms with Crippen molar-refractivity contribution >= 4 is 34.9 Å². The lowest BCUT2D eigenvalue weighted by molar-refractivity contribution is -0.208. The molecule has 2 aromatic rings. The molecule has 0 amide bonds. The number of ether oxygens (including phenoxy) is 2. The van der Waals surface area contributed by atoms with Crippen molar-refractivity contribution in [2.45, 2.75) is 112 Å². The summed E-state index contributed by atoms with van der Waals surface area (Å²) < 4.78 is 34.2. The second-order valence-corrected chi connectivity index (χ2v) is 22.3. The predicted octanol–water partition coefficient (Wildman–Crippen LogP) is 7.05. The number of fused-ring (bicyclic) bond motifs is 1. The molecule has 0 aromatic heterocycles. The second kappa shape index (κ2) is 13.4.